The van der Waals surface area contributed by atoms with E-state index in [0.29, 0.717) is 0 Å². The molecule has 26 heavy (non-hydrogen) atoms. The van der Waals surface area contributed by atoms with Crippen molar-refractivity contribution in [3.63, 3.8) is 0 Å². The maximum atomic E-state index is 11.5. The van der Waals surface area contributed by atoms with E-state index in [1.807, 2.05) is 0 Å². The predicted octanol–water partition coefficient (Wildman–Crippen LogP) is 2.40. The quantitative estimate of drug-likeness (QED) is 0.589. The van der Waals surface area contributed by atoms with Crippen molar-refractivity contribution in [3.8, 4) is 0 Å². The molecule has 0 aliphatic carbocycles. The van der Waals surface area contributed by atoms with Gasteiger partial charge >= 0.3 is 24.4 Å². The van der Waals surface area contributed by atoms with Gasteiger partial charge in [0.1, 0.15) is 0 Å². The number of carbonyl (C=O) groups is 4. The van der Waals surface area contributed by atoms with E-state index in [1.165, 1.54) is 12.1 Å². The van der Waals surface area contributed by atoms with E-state index >= 15 is 0 Å². The number of nitrogens with one attached hydrogen (secondary N) is 4. The SMILES string of the molecule is COC(=O)Nc1cc(NC(=O)OC)c(NC(=O)OC)cc1NC(=O)OC. The molecule has 0 saturated carbocycles. The molecule has 12 nitrogen and oxygen atoms in total. The predicted molar refractivity (Wildman–Crippen MR) is 90.6 cm³/mol. The molecule has 0 fully saturated rings. The summed E-state index contributed by atoms with van der Waals surface area (Å²) in [4.78, 5) is 46.0. The van der Waals surface area contributed by atoms with Crippen LogP contribution in [0, 0.1) is 0 Å². The van der Waals surface area contributed by atoms with E-state index in [-0.39, 0.29) is 22.7 Å². The fourth-order valence-electron chi connectivity index (χ4n) is 1.66. The minimum Gasteiger partial charge on any atom is -0.453 e. The number of hydrogen-bond acceptors (Lipinski definition) is 8. The van der Waals surface area contributed by atoms with Crippen LogP contribution in [0.25, 0.3) is 0 Å². The van der Waals surface area contributed by atoms with Gasteiger partial charge in [-0.05, 0) is 12.1 Å². The molecule has 0 aliphatic heterocycles. The Bertz CT molecular complexity index is 592. The van der Waals surface area contributed by atoms with Crippen molar-refractivity contribution in [2.75, 3.05) is 49.7 Å². The summed E-state index contributed by atoms with van der Waals surface area (Å²) in [5.74, 6) is 0. The fourth-order valence-corrected chi connectivity index (χ4v) is 1.66. The molecule has 1 aromatic rings. The van der Waals surface area contributed by atoms with Crippen LogP contribution in [0.5, 0.6) is 0 Å². The number of amides is 4. The molecule has 4 N–H and O–H groups in total. The van der Waals surface area contributed by atoms with Crippen molar-refractivity contribution in [2.24, 2.45) is 0 Å². The second-order valence-corrected chi connectivity index (χ2v) is 4.41. The van der Waals surface area contributed by atoms with Crippen LogP contribution in [0.4, 0.5) is 41.9 Å². The minimum atomic E-state index is -0.837. The summed E-state index contributed by atoms with van der Waals surface area (Å²) in [7, 11) is 4.57. The summed E-state index contributed by atoms with van der Waals surface area (Å²) in [6, 6.07) is 2.51. The van der Waals surface area contributed by atoms with Gasteiger partial charge in [0.2, 0.25) is 0 Å². The second-order valence-electron chi connectivity index (χ2n) is 4.41. The van der Waals surface area contributed by atoms with E-state index in [4.69, 9.17) is 0 Å². The summed E-state index contributed by atoms with van der Waals surface area (Å²) >= 11 is 0. The van der Waals surface area contributed by atoms with Gasteiger partial charge in [0.05, 0.1) is 51.2 Å². The van der Waals surface area contributed by atoms with Gasteiger partial charge in [-0.1, -0.05) is 0 Å². The highest BCUT2D eigenvalue weighted by Gasteiger charge is 2.18. The second kappa shape index (κ2) is 9.56. The lowest BCUT2D eigenvalue weighted by molar-refractivity contribution is 0.185. The Balaban J connectivity index is 3.41. The molecule has 0 radical (unpaired) electrons. The van der Waals surface area contributed by atoms with Crippen LogP contribution in [0.1, 0.15) is 0 Å². The zero-order valence-electron chi connectivity index (χ0n) is 14.4. The van der Waals surface area contributed by atoms with E-state index in [2.05, 4.69) is 40.2 Å². The molecule has 4 amide bonds. The first-order valence-electron chi connectivity index (χ1n) is 6.92. The van der Waals surface area contributed by atoms with Crippen LogP contribution in [-0.2, 0) is 18.9 Å². The van der Waals surface area contributed by atoms with Gasteiger partial charge in [-0.2, -0.15) is 0 Å². The number of methoxy groups -OCH3 is 4. The topological polar surface area (TPSA) is 153 Å². The van der Waals surface area contributed by atoms with Gasteiger partial charge in [0.25, 0.3) is 0 Å². The minimum absolute atomic E-state index is 0.0454. The highest BCUT2D eigenvalue weighted by molar-refractivity contribution is 6.03. The first-order valence-corrected chi connectivity index (χ1v) is 6.92. The number of hydrogen-bond donors (Lipinski definition) is 4. The van der Waals surface area contributed by atoms with Crippen LogP contribution in [0.15, 0.2) is 12.1 Å². The molecule has 0 atom stereocenters. The van der Waals surface area contributed by atoms with Gasteiger partial charge in [-0.3, -0.25) is 21.3 Å². The molecule has 0 unspecified atom stereocenters. The zero-order chi connectivity index (χ0) is 19.7. The number of carbonyl (C=O) groups excluding carboxylic acids is 4. The lowest BCUT2D eigenvalue weighted by atomic mass is 10.2. The van der Waals surface area contributed by atoms with Gasteiger partial charge in [0.15, 0.2) is 0 Å². The van der Waals surface area contributed by atoms with Crippen molar-refractivity contribution < 1.29 is 38.1 Å². The van der Waals surface area contributed by atoms with Crippen LogP contribution >= 0.6 is 0 Å². The highest BCUT2D eigenvalue weighted by atomic mass is 16.5. The maximum absolute atomic E-state index is 11.5. The largest absolute Gasteiger partial charge is 0.453 e. The smallest absolute Gasteiger partial charge is 0.411 e. The van der Waals surface area contributed by atoms with Crippen molar-refractivity contribution in [1.29, 1.82) is 0 Å². The Morgan fingerprint density at radius 3 is 0.885 bits per heavy atom. The first-order chi connectivity index (χ1) is 12.3. The normalized spacial score (nSPS) is 9.38. The van der Waals surface area contributed by atoms with Crippen molar-refractivity contribution in [3.05, 3.63) is 12.1 Å². The molecular weight excluding hydrogens is 352 g/mol. The van der Waals surface area contributed by atoms with E-state index in [0.717, 1.165) is 28.4 Å². The molecule has 1 aromatic carbocycles. The summed E-state index contributed by atoms with van der Waals surface area (Å²) in [5, 5.41) is 9.39. The highest BCUT2D eigenvalue weighted by Crippen LogP contribution is 2.34. The lowest BCUT2D eigenvalue weighted by Gasteiger charge is -2.17. The van der Waals surface area contributed by atoms with Gasteiger partial charge in [0, 0.05) is 0 Å². The number of anilines is 4. The fraction of sp³-hybridized carbons (Fsp3) is 0.286. The van der Waals surface area contributed by atoms with Crippen LogP contribution in [0.3, 0.4) is 0 Å². The molecule has 0 saturated heterocycles. The van der Waals surface area contributed by atoms with Crippen LogP contribution in [-0.4, -0.2) is 52.8 Å². The monoisotopic (exact) mass is 370 g/mol. The third kappa shape index (κ3) is 5.74. The zero-order valence-corrected chi connectivity index (χ0v) is 14.4. The summed E-state index contributed by atoms with van der Waals surface area (Å²) in [6.07, 6.45) is -3.35. The van der Waals surface area contributed by atoms with Crippen LogP contribution in [0.2, 0.25) is 0 Å². The van der Waals surface area contributed by atoms with Gasteiger partial charge in [-0.25, -0.2) is 19.2 Å². The molecule has 0 bridgehead atoms. The molecule has 142 valence electrons. The van der Waals surface area contributed by atoms with Gasteiger partial charge in [-0.15, -0.1) is 0 Å². The third-order valence-corrected chi connectivity index (χ3v) is 2.85. The number of ether oxygens (including phenoxy) is 4. The summed E-state index contributed by atoms with van der Waals surface area (Å²) in [6.45, 7) is 0. The van der Waals surface area contributed by atoms with Crippen molar-refractivity contribution in [2.45, 2.75) is 0 Å². The number of rotatable bonds is 4. The van der Waals surface area contributed by atoms with E-state index in [9.17, 15) is 19.2 Å². The average Bonchev–Trinajstić information content (AvgIpc) is 2.63. The van der Waals surface area contributed by atoms with Crippen molar-refractivity contribution >= 4 is 47.1 Å². The molecule has 0 spiro atoms. The summed E-state index contributed by atoms with van der Waals surface area (Å²) in [5.41, 5.74) is 0.182. The summed E-state index contributed by atoms with van der Waals surface area (Å²) < 4.78 is 18.0. The van der Waals surface area contributed by atoms with E-state index < -0.39 is 24.4 Å². The Morgan fingerprint density at radius 1 is 0.538 bits per heavy atom. The average molecular weight is 370 g/mol. The molecular formula is C14H18N4O8. The Labute approximate surface area is 148 Å². The van der Waals surface area contributed by atoms with Crippen molar-refractivity contribution in [1.82, 2.24) is 0 Å². The lowest BCUT2D eigenvalue weighted by Crippen LogP contribution is -2.20. The first kappa shape index (κ1) is 20.3. The number of benzene rings is 1. The standard InChI is InChI=1S/C14H18N4O8/c1-23-11(19)15-7-5-9(17-13(21)25-3)10(18-14(22)26-4)6-8(7)16-12(20)24-2/h5-6H,1-4H3,(H,15,19)(H,16,20)(H,17,21)(H,18,22). The Hall–Kier alpha value is -3.70. The van der Waals surface area contributed by atoms with Crippen LogP contribution < -0.4 is 21.3 Å². The molecule has 0 aliphatic rings. The Kier molecular flexibility index (Phi) is 7.48. The third-order valence-electron chi connectivity index (χ3n) is 2.85. The molecule has 0 heterocycles. The molecule has 0 aromatic heterocycles. The van der Waals surface area contributed by atoms with E-state index in [1.54, 1.807) is 0 Å². The Morgan fingerprint density at radius 2 is 0.731 bits per heavy atom. The molecule has 1 rings (SSSR count). The maximum Gasteiger partial charge on any atom is 0.411 e. The molecule has 12 heteroatoms. The van der Waals surface area contributed by atoms with Gasteiger partial charge < -0.3 is 18.9 Å².